The van der Waals surface area contributed by atoms with Crippen LogP contribution in [0.5, 0.6) is 5.75 Å². The van der Waals surface area contributed by atoms with Gasteiger partial charge in [0, 0.05) is 24.1 Å². The van der Waals surface area contributed by atoms with Gasteiger partial charge >= 0.3 is 0 Å². The smallest absolute Gasteiger partial charge is 0.165 e. The van der Waals surface area contributed by atoms with Crippen LogP contribution in [-0.2, 0) is 0 Å². The number of halogens is 1. The Labute approximate surface area is 94.8 Å². The van der Waals surface area contributed by atoms with Crippen molar-refractivity contribution in [2.45, 2.75) is 38.3 Å². The number of aryl methyl sites for hydroxylation is 1. The molecule has 0 amide bonds. The van der Waals surface area contributed by atoms with E-state index in [0.29, 0.717) is 18.4 Å². The Hall–Kier alpha value is -1.09. The summed E-state index contributed by atoms with van der Waals surface area (Å²) < 4.78 is 19.1. The minimum absolute atomic E-state index is 0.233. The number of nitrogens with one attached hydrogen (secondary N) is 1. The van der Waals surface area contributed by atoms with E-state index in [0.717, 1.165) is 17.5 Å². The molecule has 1 N–H and O–H groups in total. The molecule has 86 valence electrons. The molecule has 1 atom stereocenters. The molecule has 16 heavy (non-hydrogen) atoms. The fourth-order valence-electron chi connectivity index (χ4n) is 2.38. The number of benzene rings is 1. The largest absolute Gasteiger partial charge is 0.490 e. The lowest BCUT2D eigenvalue weighted by Gasteiger charge is -2.28. The van der Waals surface area contributed by atoms with Gasteiger partial charge in [0.2, 0.25) is 0 Å². The molecule has 1 heterocycles. The normalized spacial score (nSPS) is 23.8. The SMILES string of the molecule is Cc1ccc(F)c2c1C(NC1CC1)CCO2. The van der Waals surface area contributed by atoms with E-state index in [-0.39, 0.29) is 11.9 Å². The van der Waals surface area contributed by atoms with Gasteiger partial charge in [0.1, 0.15) is 0 Å². The zero-order valence-corrected chi connectivity index (χ0v) is 9.42. The molecule has 1 aliphatic heterocycles. The Kier molecular flexibility index (Phi) is 2.36. The van der Waals surface area contributed by atoms with E-state index in [1.165, 1.54) is 18.9 Å². The summed E-state index contributed by atoms with van der Waals surface area (Å²) >= 11 is 0. The van der Waals surface area contributed by atoms with Gasteiger partial charge in [-0.1, -0.05) is 6.07 Å². The van der Waals surface area contributed by atoms with Crippen LogP contribution in [-0.4, -0.2) is 12.6 Å². The minimum atomic E-state index is -0.233. The first-order valence-electron chi connectivity index (χ1n) is 5.93. The zero-order chi connectivity index (χ0) is 11.1. The predicted octanol–water partition coefficient (Wildman–Crippen LogP) is 2.71. The van der Waals surface area contributed by atoms with Crippen molar-refractivity contribution in [1.82, 2.24) is 5.32 Å². The van der Waals surface area contributed by atoms with Crippen molar-refractivity contribution in [2.24, 2.45) is 0 Å². The molecule has 1 saturated carbocycles. The van der Waals surface area contributed by atoms with E-state index >= 15 is 0 Å². The first-order valence-corrected chi connectivity index (χ1v) is 5.93. The van der Waals surface area contributed by atoms with Crippen LogP contribution in [0.3, 0.4) is 0 Å². The second-order valence-electron chi connectivity index (χ2n) is 4.74. The van der Waals surface area contributed by atoms with Crippen molar-refractivity contribution in [3.05, 3.63) is 29.1 Å². The average Bonchev–Trinajstić information content (AvgIpc) is 3.08. The molecule has 3 rings (SSSR count). The van der Waals surface area contributed by atoms with Gasteiger partial charge in [0.15, 0.2) is 11.6 Å². The first kappa shape index (κ1) is 10.1. The summed E-state index contributed by atoms with van der Waals surface area (Å²) in [6.07, 6.45) is 3.44. The van der Waals surface area contributed by atoms with Gasteiger partial charge in [-0.15, -0.1) is 0 Å². The molecule has 3 heteroatoms. The van der Waals surface area contributed by atoms with Crippen molar-refractivity contribution < 1.29 is 9.13 Å². The highest BCUT2D eigenvalue weighted by molar-refractivity contribution is 5.44. The Balaban J connectivity index is 1.98. The molecule has 0 saturated heterocycles. The van der Waals surface area contributed by atoms with E-state index in [1.54, 1.807) is 0 Å². The van der Waals surface area contributed by atoms with Gasteiger partial charge in [0.25, 0.3) is 0 Å². The van der Waals surface area contributed by atoms with Crippen LogP contribution in [0.1, 0.15) is 36.4 Å². The Morgan fingerprint density at radius 1 is 1.31 bits per heavy atom. The fraction of sp³-hybridized carbons (Fsp3) is 0.538. The predicted molar refractivity (Wildman–Crippen MR) is 60.1 cm³/mol. The number of hydrogen-bond acceptors (Lipinski definition) is 2. The maximum absolute atomic E-state index is 13.6. The lowest BCUT2D eigenvalue weighted by molar-refractivity contribution is 0.239. The summed E-state index contributed by atoms with van der Waals surface area (Å²) in [4.78, 5) is 0. The van der Waals surface area contributed by atoms with Crippen LogP contribution in [0.2, 0.25) is 0 Å². The summed E-state index contributed by atoms with van der Waals surface area (Å²) in [7, 11) is 0. The lowest BCUT2D eigenvalue weighted by atomic mass is 9.95. The van der Waals surface area contributed by atoms with Crippen LogP contribution in [0.15, 0.2) is 12.1 Å². The molecule has 2 aliphatic rings. The number of hydrogen-bond donors (Lipinski definition) is 1. The van der Waals surface area contributed by atoms with Crippen LogP contribution in [0.25, 0.3) is 0 Å². The van der Waals surface area contributed by atoms with Gasteiger partial charge in [-0.05, 0) is 31.4 Å². The Morgan fingerprint density at radius 2 is 2.12 bits per heavy atom. The lowest BCUT2D eigenvalue weighted by Crippen LogP contribution is -2.29. The summed E-state index contributed by atoms with van der Waals surface area (Å²) in [5.41, 5.74) is 2.15. The molecule has 1 unspecified atom stereocenters. The molecular weight excluding hydrogens is 205 g/mol. The second kappa shape index (κ2) is 3.74. The molecule has 2 nitrogen and oxygen atoms in total. The fourth-order valence-corrected chi connectivity index (χ4v) is 2.38. The number of fused-ring (bicyclic) bond motifs is 1. The maximum atomic E-state index is 13.6. The van der Waals surface area contributed by atoms with Gasteiger partial charge in [-0.3, -0.25) is 0 Å². The molecular formula is C13H16FNO. The maximum Gasteiger partial charge on any atom is 0.165 e. The minimum Gasteiger partial charge on any atom is -0.490 e. The molecule has 0 bridgehead atoms. The molecule has 0 aromatic heterocycles. The third kappa shape index (κ3) is 1.69. The standard InChI is InChI=1S/C13H16FNO/c1-8-2-5-10(14)13-12(8)11(6-7-16-13)15-9-3-4-9/h2,5,9,11,15H,3-4,6-7H2,1H3. The van der Waals surface area contributed by atoms with E-state index in [4.69, 9.17) is 4.74 Å². The van der Waals surface area contributed by atoms with Gasteiger partial charge in [-0.25, -0.2) is 4.39 Å². The first-order chi connectivity index (χ1) is 7.75. The summed E-state index contributed by atoms with van der Waals surface area (Å²) in [5.74, 6) is 0.229. The van der Waals surface area contributed by atoms with E-state index in [9.17, 15) is 4.39 Å². The molecule has 0 spiro atoms. The van der Waals surface area contributed by atoms with Crippen LogP contribution >= 0.6 is 0 Å². The van der Waals surface area contributed by atoms with Gasteiger partial charge in [0.05, 0.1) is 6.61 Å². The molecule has 1 aromatic carbocycles. The molecule has 1 fully saturated rings. The quantitative estimate of drug-likeness (QED) is 0.829. The van der Waals surface area contributed by atoms with Crippen LogP contribution in [0, 0.1) is 12.7 Å². The number of rotatable bonds is 2. The summed E-state index contributed by atoms with van der Waals surface area (Å²) in [6, 6.07) is 4.24. The second-order valence-corrected chi connectivity index (χ2v) is 4.74. The Bertz CT molecular complexity index is 415. The third-order valence-corrected chi connectivity index (χ3v) is 3.38. The van der Waals surface area contributed by atoms with E-state index < -0.39 is 0 Å². The average molecular weight is 221 g/mol. The highest BCUT2D eigenvalue weighted by atomic mass is 19.1. The van der Waals surface area contributed by atoms with Crippen LogP contribution < -0.4 is 10.1 Å². The Morgan fingerprint density at radius 3 is 2.88 bits per heavy atom. The molecule has 0 radical (unpaired) electrons. The van der Waals surface area contributed by atoms with Crippen molar-refractivity contribution in [2.75, 3.05) is 6.61 Å². The monoisotopic (exact) mass is 221 g/mol. The van der Waals surface area contributed by atoms with E-state index in [2.05, 4.69) is 5.32 Å². The van der Waals surface area contributed by atoms with Gasteiger partial charge < -0.3 is 10.1 Å². The molecule has 1 aromatic rings. The van der Waals surface area contributed by atoms with Gasteiger partial charge in [-0.2, -0.15) is 0 Å². The summed E-state index contributed by atoms with van der Waals surface area (Å²) in [5, 5.41) is 3.57. The highest BCUT2D eigenvalue weighted by Crippen LogP contribution is 2.38. The van der Waals surface area contributed by atoms with Crippen molar-refractivity contribution >= 4 is 0 Å². The topological polar surface area (TPSA) is 21.3 Å². The van der Waals surface area contributed by atoms with Crippen LogP contribution in [0.4, 0.5) is 4.39 Å². The molecule has 1 aliphatic carbocycles. The third-order valence-electron chi connectivity index (χ3n) is 3.38. The van der Waals surface area contributed by atoms with Crippen molar-refractivity contribution in [3.63, 3.8) is 0 Å². The van der Waals surface area contributed by atoms with Crippen molar-refractivity contribution in [3.8, 4) is 5.75 Å². The summed E-state index contributed by atoms with van der Waals surface area (Å²) in [6.45, 7) is 2.63. The highest BCUT2D eigenvalue weighted by Gasteiger charge is 2.31. The zero-order valence-electron chi connectivity index (χ0n) is 9.42. The van der Waals surface area contributed by atoms with E-state index in [1.807, 2.05) is 13.0 Å². The van der Waals surface area contributed by atoms with Crippen molar-refractivity contribution in [1.29, 1.82) is 0 Å². The number of ether oxygens (including phenoxy) is 1.